The molecule has 0 aliphatic heterocycles. The maximum absolute atomic E-state index is 12.5. The quantitative estimate of drug-likeness (QED) is 0.742. The van der Waals surface area contributed by atoms with Crippen molar-refractivity contribution in [3.63, 3.8) is 0 Å². The summed E-state index contributed by atoms with van der Waals surface area (Å²) in [6.07, 6.45) is 4.70. The van der Waals surface area contributed by atoms with Crippen LogP contribution in [-0.4, -0.2) is 21.7 Å². The highest BCUT2D eigenvalue weighted by molar-refractivity contribution is 6.00. The summed E-state index contributed by atoms with van der Waals surface area (Å²) in [5.74, 6) is 0.157. The third-order valence-corrected chi connectivity index (χ3v) is 4.74. The van der Waals surface area contributed by atoms with E-state index in [1.54, 1.807) is 48.5 Å². The van der Waals surface area contributed by atoms with E-state index in [1.807, 2.05) is 0 Å². The normalized spacial score (nSPS) is 14.4. The Kier molecular flexibility index (Phi) is 4.50. The number of fused-ring (bicyclic) bond motifs is 1. The van der Waals surface area contributed by atoms with Crippen LogP contribution >= 0.6 is 0 Å². The van der Waals surface area contributed by atoms with Crippen molar-refractivity contribution in [1.82, 2.24) is 9.66 Å². The number of benzene rings is 2. The Bertz CT molecular complexity index is 1090. The lowest BCUT2D eigenvalue weighted by Crippen LogP contribution is -2.43. The molecule has 1 aliphatic carbocycles. The van der Waals surface area contributed by atoms with Gasteiger partial charge in [-0.15, -0.1) is 0 Å². The van der Waals surface area contributed by atoms with E-state index in [0.29, 0.717) is 26.9 Å². The van der Waals surface area contributed by atoms with E-state index in [0.717, 1.165) is 12.8 Å². The molecule has 27 heavy (non-hydrogen) atoms. The van der Waals surface area contributed by atoms with Gasteiger partial charge in [0.05, 0.1) is 17.0 Å². The Morgan fingerprint density at radius 1 is 1.04 bits per heavy atom. The van der Waals surface area contributed by atoms with Crippen LogP contribution in [-0.2, 0) is 0 Å². The number of hydrogen-bond acceptors (Lipinski definition) is 4. The SMILES string of the molecule is O=C(Nn1c(=O)[nH]c2ccccc2c1=O)c1ccc(OC2CCCC2)cc1. The second-order valence-electron chi connectivity index (χ2n) is 6.61. The van der Waals surface area contributed by atoms with E-state index in [-0.39, 0.29) is 6.10 Å². The fraction of sp³-hybridized carbons (Fsp3) is 0.250. The van der Waals surface area contributed by atoms with Crippen molar-refractivity contribution in [2.45, 2.75) is 31.8 Å². The molecule has 7 heteroatoms. The van der Waals surface area contributed by atoms with Crippen molar-refractivity contribution in [2.75, 3.05) is 5.43 Å². The molecule has 4 rings (SSSR count). The van der Waals surface area contributed by atoms with Crippen LogP contribution < -0.4 is 21.4 Å². The predicted molar refractivity (Wildman–Crippen MR) is 102 cm³/mol. The molecule has 1 saturated carbocycles. The van der Waals surface area contributed by atoms with Gasteiger partial charge in [-0.25, -0.2) is 4.79 Å². The van der Waals surface area contributed by atoms with Crippen LogP contribution in [0.2, 0.25) is 0 Å². The summed E-state index contributed by atoms with van der Waals surface area (Å²) in [7, 11) is 0. The smallest absolute Gasteiger partial charge is 0.348 e. The highest BCUT2D eigenvalue weighted by Crippen LogP contribution is 2.24. The first kappa shape index (κ1) is 17.1. The van der Waals surface area contributed by atoms with E-state index in [1.165, 1.54) is 12.8 Å². The van der Waals surface area contributed by atoms with Crippen molar-refractivity contribution in [1.29, 1.82) is 0 Å². The topological polar surface area (TPSA) is 93.2 Å². The molecular formula is C20H19N3O4. The lowest BCUT2D eigenvalue weighted by atomic mass is 10.2. The van der Waals surface area contributed by atoms with Crippen LogP contribution in [0, 0.1) is 0 Å². The van der Waals surface area contributed by atoms with Gasteiger partial charge in [-0.3, -0.25) is 15.0 Å². The summed E-state index contributed by atoms with van der Waals surface area (Å²) in [5, 5.41) is 0.317. The summed E-state index contributed by atoms with van der Waals surface area (Å²) in [4.78, 5) is 39.6. The summed E-state index contributed by atoms with van der Waals surface area (Å²) in [5.41, 5.74) is 1.83. The Balaban J connectivity index is 1.54. The molecule has 1 aromatic heterocycles. The maximum atomic E-state index is 12.5. The van der Waals surface area contributed by atoms with Crippen LogP contribution in [0.5, 0.6) is 5.75 Å². The molecular weight excluding hydrogens is 346 g/mol. The molecule has 1 heterocycles. The van der Waals surface area contributed by atoms with E-state index in [9.17, 15) is 14.4 Å². The van der Waals surface area contributed by atoms with Gasteiger partial charge in [0.15, 0.2) is 0 Å². The Morgan fingerprint density at radius 3 is 2.48 bits per heavy atom. The average molecular weight is 365 g/mol. The number of ether oxygens (including phenoxy) is 1. The lowest BCUT2D eigenvalue weighted by Gasteiger charge is -2.13. The van der Waals surface area contributed by atoms with Gasteiger partial charge in [-0.2, -0.15) is 4.68 Å². The molecule has 0 spiro atoms. The summed E-state index contributed by atoms with van der Waals surface area (Å²) in [6.45, 7) is 0. The number of nitrogens with one attached hydrogen (secondary N) is 2. The minimum absolute atomic E-state index is 0.236. The monoisotopic (exact) mass is 365 g/mol. The van der Waals surface area contributed by atoms with Crippen LogP contribution in [0.3, 0.4) is 0 Å². The largest absolute Gasteiger partial charge is 0.490 e. The Morgan fingerprint density at radius 2 is 1.74 bits per heavy atom. The van der Waals surface area contributed by atoms with Crippen molar-refractivity contribution in [2.24, 2.45) is 0 Å². The van der Waals surface area contributed by atoms with E-state index in [2.05, 4.69) is 10.4 Å². The fourth-order valence-corrected chi connectivity index (χ4v) is 3.31. The lowest BCUT2D eigenvalue weighted by molar-refractivity contribution is 0.101. The number of amides is 1. The minimum atomic E-state index is -0.701. The third kappa shape index (κ3) is 3.48. The predicted octanol–water partition coefficient (Wildman–Crippen LogP) is 2.40. The number of hydrogen-bond donors (Lipinski definition) is 2. The maximum Gasteiger partial charge on any atom is 0.348 e. The fourth-order valence-electron chi connectivity index (χ4n) is 3.31. The third-order valence-electron chi connectivity index (χ3n) is 4.74. The van der Waals surface area contributed by atoms with Gasteiger partial charge in [0.25, 0.3) is 11.5 Å². The molecule has 2 N–H and O–H groups in total. The molecule has 2 aromatic carbocycles. The standard InChI is InChI=1S/C20H19N3O4/c24-18(13-9-11-15(12-10-13)27-14-5-1-2-6-14)22-23-19(25)16-7-3-4-8-17(16)21-20(23)26/h3-4,7-12,14H,1-2,5-6H2,(H,21,26)(H,22,24). The zero-order valence-corrected chi connectivity index (χ0v) is 14.6. The molecule has 138 valence electrons. The summed E-state index contributed by atoms with van der Waals surface area (Å²) < 4.78 is 6.56. The number of aromatic nitrogens is 2. The average Bonchev–Trinajstić information content (AvgIpc) is 3.18. The number of nitrogens with zero attached hydrogens (tertiary/aromatic N) is 1. The number of para-hydroxylation sites is 1. The molecule has 0 unspecified atom stereocenters. The molecule has 1 fully saturated rings. The molecule has 0 bridgehead atoms. The van der Waals surface area contributed by atoms with Crippen LogP contribution in [0.1, 0.15) is 36.0 Å². The molecule has 1 amide bonds. The highest BCUT2D eigenvalue weighted by atomic mass is 16.5. The second kappa shape index (κ2) is 7.11. The van der Waals surface area contributed by atoms with E-state index in [4.69, 9.17) is 4.74 Å². The van der Waals surface area contributed by atoms with Gasteiger partial charge in [0.2, 0.25) is 0 Å². The number of aromatic amines is 1. The van der Waals surface area contributed by atoms with Gasteiger partial charge >= 0.3 is 5.69 Å². The number of carbonyl (C=O) groups is 1. The Labute approximate surface area is 154 Å². The van der Waals surface area contributed by atoms with Gasteiger partial charge in [-0.05, 0) is 62.1 Å². The number of H-pyrrole nitrogens is 1. The van der Waals surface area contributed by atoms with E-state index >= 15 is 0 Å². The van der Waals surface area contributed by atoms with Crippen LogP contribution in [0.25, 0.3) is 10.9 Å². The number of carbonyl (C=O) groups excluding carboxylic acids is 1. The molecule has 1 aliphatic rings. The number of rotatable bonds is 4. The van der Waals surface area contributed by atoms with Crippen molar-refractivity contribution in [3.05, 3.63) is 74.9 Å². The van der Waals surface area contributed by atoms with Gasteiger partial charge in [0.1, 0.15) is 5.75 Å². The molecule has 7 nitrogen and oxygen atoms in total. The molecule has 0 radical (unpaired) electrons. The van der Waals surface area contributed by atoms with E-state index < -0.39 is 17.2 Å². The van der Waals surface area contributed by atoms with Crippen molar-refractivity contribution in [3.8, 4) is 5.75 Å². The zero-order valence-electron chi connectivity index (χ0n) is 14.6. The Hall–Kier alpha value is -3.35. The first-order chi connectivity index (χ1) is 13.1. The molecule has 0 atom stereocenters. The highest BCUT2D eigenvalue weighted by Gasteiger charge is 2.17. The van der Waals surface area contributed by atoms with Crippen molar-refractivity contribution >= 4 is 16.8 Å². The first-order valence-electron chi connectivity index (χ1n) is 8.94. The second-order valence-corrected chi connectivity index (χ2v) is 6.61. The van der Waals surface area contributed by atoms with Gasteiger partial charge in [-0.1, -0.05) is 12.1 Å². The van der Waals surface area contributed by atoms with Gasteiger partial charge in [0, 0.05) is 5.56 Å². The molecule has 0 saturated heterocycles. The summed E-state index contributed by atoms with van der Waals surface area (Å²) in [6, 6.07) is 13.3. The minimum Gasteiger partial charge on any atom is -0.490 e. The molecule has 3 aromatic rings. The van der Waals surface area contributed by atoms with Crippen molar-refractivity contribution < 1.29 is 9.53 Å². The van der Waals surface area contributed by atoms with Gasteiger partial charge < -0.3 is 9.72 Å². The van der Waals surface area contributed by atoms with Crippen LogP contribution in [0.15, 0.2) is 58.1 Å². The first-order valence-corrected chi connectivity index (χ1v) is 8.94. The summed E-state index contributed by atoms with van der Waals surface area (Å²) >= 11 is 0. The zero-order chi connectivity index (χ0) is 18.8. The van der Waals surface area contributed by atoms with Crippen LogP contribution in [0.4, 0.5) is 0 Å².